The molecule has 1 aliphatic rings. The van der Waals surface area contributed by atoms with Crippen LogP contribution in [-0.2, 0) is 11.3 Å². The molecular formula is C18H23N5O3. The van der Waals surface area contributed by atoms with Gasteiger partial charge in [-0.25, -0.2) is 4.79 Å². The summed E-state index contributed by atoms with van der Waals surface area (Å²) < 4.78 is 5.62. The molecule has 2 heterocycles. The molecule has 138 valence electrons. The summed E-state index contributed by atoms with van der Waals surface area (Å²) in [6, 6.07) is 9.24. The number of carbonyl (C=O) groups excluding carboxylic acids is 2. The number of rotatable bonds is 6. The summed E-state index contributed by atoms with van der Waals surface area (Å²) in [7, 11) is 1.67. The quantitative estimate of drug-likeness (QED) is 0.850. The second-order valence-corrected chi connectivity index (χ2v) is 6.41. The number of hydrogen-bond donors (Lipinski definition) is 1. The largest absolute Gasteiger partial charge is 0.419 e. The Hall–Kier alpha value is -2.90. The molecule has 8 nitrogen and oxygen atoms in total. The van der Waals surface area contributed by atoms with Crippen molar-refractivity contribution in [3.63, 3.8) is 0 Å². The summed E-state index contributed by atoms with van der Waals surface area (Å²) in [5.41, 5.74) is 0.838. The first-order valence-electron chi connectivity index (χ1n) is 8.71. The molecule has 0 bridgehead atoms. The first-order chi connectivity index (χ1) is 12.6. The average Bonchev–Trinajstić information content (AvgIpc) is 3.26. The molecule has 1 aromatic carbocycles. The van der Waals surface area contributed by atoms with Gasteiger partial charge in [0.15, 0.2) is 0 Å². The van der Waals surface area contributed by atoms with Crippen LogP contribution in [0.5, 0.6) is 0 Å². The minimum Gasteiger partial charge on any atom is -0.419 e. The third-order valence-corrected chi connectivity index (χ3v) is 4.42. The number of carbonyl (C=O) groups is 2. The fourth-order valence-electron chi connectivity index (χ4n) is 2.95. The summed E-state index contributed by atoms with van der Waals surface area (Å²) in [5.74, 6) is 1.11. The lowest BCUT2D eigenvalue weighted by molar-refractivity contribution is -0.127. The van der Waals surface area contributed by atoms with Crippen molar-refractivity contribution < 1.29 is 14.0 Å². The SMILES string of the molecule is CCN1C[C@@H](CNC(=O)N(C)Cc2nnc(-c3ccccc3)o2)CC1=O. The Bertz CT molecular complexity index is 761. The highest BCUT2D eigenvalue weighted by atomic mass is 16.4. The highest BCUT2D eigenvalue weighted by molar-refractivity contribution is 5.79. The monoisotopic (exact) mass is 357 g/mol. The van der Waals surface area contributed by atoms with Gasteiger partial charge in [-0.1, -0.05) is 18.2 Å². The van der Waals surface area contributed by atoms with Crippen molar-refractivity contribution in [2.75, 3.05) is 26.7 Å². The third kappa shape index (κ3) is 4.19. The summed E-state index contributed by atoms with van der Waals surface area (Å²) in [4.78, 5) is 27.3. The lowest BCUT2D eigenvalue weighted by Crippen LogP contribution is -2.39. The smallest absolute Gasteiger partial charge is 0.317 e. The summed E-state index contributed by atoms with van der Waals surface area (Å²) in [6.07, 6.45) is 0.488. The number of amides is 3. The van der Waals surface area contributed by atoms with Crippen molar-refractivity contribution in [3.8, 4) is 11.5 Å². The van der Waals surface area contributed by atoms with E-state index in [1.54, 1.807) is 7.05 Å². The molecule has 2 aromatic rings. The van der Waals surface area contributed by atoms with Gasteiger partial charge in [-0.05, 0) is 19.1 Å². The zero-order valence-corrected chi connectivity index (χ0v) is 15.0. The molecule has 0 spiro atoms. The van der Waals surface area contributed by atoms with Crippen LogP contribution < -0.4 is 5.32 Å². The molecule has 0 unspecified atom stereocenters. The fourth-order valence-corrected chi connectivity index (χ4v) is 2.95. The van der Waals surface area contributed by atoms with Gasteiger partial charge in [0.25, 0.3) is 0 Å². The van der Waals surface area contributed by atoms with E-state index in [0.29, 0.717) is 37.8 Å². The Balaban J connectivity index is 1.49. The van der Waals surface area contributed by atoms with Crippen LogP contribution in [0.25, 0.3) is 11.5 Å². The molecule has 1 aliphatic heterocycles. The van der Waals surface area contributed by atoms with E-state index in [1.807, 2.05) is 42.2 Å². The van der Waals surface area contributed by atoms with Crippen LogP contribution in [-0.4, -0.2) is 58.6 Å². The van der Waals surface area contributed by atoms with Gasteiger partial charge in [0, 0.05) is 44.6 Å². The van der Waals surface area contributed by atoms with E-state index >= 15 is 0 Å². The number of aromatic nitrogens is 2. The maximum atomic E-state index is 12.2. The van der Waals surface area contributed by atoms with E-state index in [1.165, 1.54) is 4.90 Å². The molecule has 1 atom stereocenters. The molecule has 3 rings (SSSR count). The molecule has 1 saturated heterocycles. The Morgan fingerprint density at radius 1 is 1.35 bits per heavy atom. The Labute approximate surface area is 152 Å². The van der Waals surface area contributed by atoms with Crippen molar-refractivity contribution >= 4 is 11.9 Å². The Morgan fingerprint density at radius 2 is 2.12 bits per heavy atom. The number of hydrogen-bond acceptors (Lipinski definition) is 5. The Kier molecular flexibility index (Phi) is 5.50. The minimum atomic E-state index is -0.230. The molecule has 8 heteroatoms. The average molecular weight is 357 g/mol. The van der Waals surface area contributed by atoms with Crippen LogP contribution in [0.3, 0.4) is 0 Å². The predicted octanol–water partition coefficient (Wildman–Crippen LogP) is 1.75. The molecule has 1 aromatic heterocycles. The lowest BCUT2D eigenvalue weighted by Gasteiger charge is -2.18. The molecule has 3 amide bonds. The van der Waals surface area contributed by atoms with Gasteiger partial charge < -0.3 is 19.5 Å². The highest BCUT2D eigenvalue weighted by Crippen LogP contribution is 2.18. The van der Waals surface area contributed by atoms with Gasteiger partial charge in [0.2, 0.25) is 17.7 Å². The zero-order chi connectivity index (χ0) is 18.5. The van der Waals surface area contributed by atoms with E-state index in [0.717, 1.165) is 5.56 Å². The standard InChI is InChI=1S/C18H23N5O3/c1-3-23-11-13(9-16(23)24)10-19-18(25)22(2)12-15-20-21-17(26-15)14-7-5-4-6-8-14/h4-8,13H,3,9-12H2,1-2H3,(H,19,25)/t13-/m1/s1. The predicted molar refractivity (Wildman–Crippen MR) is 95.0 cm³/mol. The van der Waals surface area contributed by atoms with Crippen LogP contribution >= 0.6 is 0 Å². The summed E-state index contributed by atoms with van der Waals surface area (Å²) in [6.45, 7) is 4.06. The minimum absolute atomic E-state index is 0.152. The number of benzene rings is 1. The summed E-state index contributed by atoms with van der Waals surface area (Å²) in [5, 5.41) is 10.9. The van der Waals surface area contributed by atoms with Gasteiger partial charge in [-0.15, -0.1) is 10.2 Å². The third-order valence-electron chi connectivity index (χ3n) is 4.42. The van der Waals surface area contributed by atoms with E-state index in [-0.39, 0.29) is 24.4 Å². The van der Waals surface area contributed by atoms with Gasteiger partial charge in [0.05, 0.1) is 0 Å². The van der Waals surface area contributed by atoms with Crippen LogP contribution in [0.1, 0.15) is 19.2 Å². The highest BCUT2D eigenvalue weighted by Gasteiger charge is 2.28. The van der Waals surface area contributed by atoms with Crippen molar-refractivity contribution in [1.29, 1.82) is 0 Å². The van der Waals surface area contributed by atoms with Crippen molar-refractivity contribution in [1.82, 2.24) is 25.3 Å². The van der Waals surface area contributed by atoms with Gasteiger partial charge in [-0.2, -0.15) is 0 Å². The molecule has 1 N–H and O–H groups in total. The van der Waals surface area contributed by atoms with Gasteiger partial charge >= 0.3 is 6.03 Å². The normalized spacial score (nSPS) is 16.8. The Morgan fingerprint density at radius 3 is 2.81 bits per heavy atom. The number of urea groups is 1. The molecule has 0 radical (unpaired) electrons. The van der Waals surface area contributed by atoms with E-state index in [9.17, 15) is 9.59 Å². The second kappa shape index (κ2) is 7.99. The summed E-state index contributed by atoms with van der Waals surface area (Å²) >= 11 is 0. The number of nitrogens with one attached hydrogen (secondary N) is 1. The first kappa shape index (κ1) is 17.9. The van der Waals surface area contributed by atoms with Crippen LogP contribution in [0.2, 0.25) is 0 Å². The van der Waals surface area contributed by atoms with E-state index in [4.69, 9.17) is 4.42 Å². The van der Waals surface area contributed by atoms with E-state index in [2.05, 4.69) is 15.5 Å². The fraction of sp³-hybridized carbons (Fsp3) is 0.444. The molecular weight excluding hydrogens is 334 g/mol. The topological polar surface area (TPSA) is 91.6 Å². The molecule has 1 fully saturated rings. The first-order valence-corrected chi connectivity index (χ1v) is 8.71. The second-order valence-electron chi connectivity index (χ2n) is 6.41. The molecule has 0 aliphatic carbocycles. The van der Waals surface area contributed by atoms with Crippen molar-refractivity contribution in [2.45, 2.75) is 19.9 Å². The molecule has 0 saturated carbocycles. The van der Waals surface area contributed by atoms with Crippen LogP contribution in [0, 0.1) is 5.92 Å². The van der Waals surface area contributed by atoms with Gasteiger partial charge in [0.1, 0.15) is 6.54 Å². The number of nitrogens with zero attached hydrogens (tertiary/aromatic N) is 4. The maximum Gasteiger partial charge on any atom is 0.317 e. The molecule has 26 heavy (non-hydrogen) atoms. The van der Waals surface area contributed by atoms with Gasteiger partial charge in [-0.3, -0.25) is 4.79 Å². The van der Waals surface area contributed by atoms with Crippen LogP contribution in [0.15, 0.2) is 34.7 Å². The van der Waals surface area contributed by atoms with E-state index < -0.39 is 0 Å². The van der Waals surface area contributed by atoms with Crippen LogP contribution in [0.4, 0.5) is 4.79 Å². The zero-order valence-electron chi connectivity index (χ0n) is 15.0. The maximum absolute atomic E-state index is 12.2. The van der Waals surface area contributed by atoms with Crippen molar-refractivity contribution in [2.24, 2.45) is 5.92 Å². The number of likely N-dealkylation sites (tertiary alicyclic amines) is 1. The van der Waals surface area contributed by atoms with Crippen molar-refractivity contribution in [3.05, 3.63) is 36.2 Å². The lowest BCUT2D eigenvalue weighted by atomic mass is 10.1.